The van der Waals surface area contributed by atoms with Crippen LogP contribution in [-0.2, 0) is 4.79 Å². The summed E-state index contributed by atoms with van der Waals surface area (Å²) in [5.41, 5.74) is 0.566. The molecule has 0 aliphatic heterocycles. The van der Waals surface area contributed by atoms with Crippen LogP contribution in [0.15, 0.2) is 62.2 Å². The molecule has 1 aromatic heterocycles. The lowest BCUT2D eigenvalue weighted by Crippen LogP contribution is -2.16. The monoisotopic (exact) mass is 386 g/mol. The number of Topliss-reactive ketones (excluding diaryl/α,β-unsaturated/α-hetero) is 1. The van der Waals surface area contributed by atoms with E-state index in [0.717, 1.165) is 10.0 Å². The topological polar surface area (TPSA) is 67.5 Å². The number of aromatic hydroxyl groups is 1. The molecule has 0 fully saturated rings. The first-order valence-corrected chi connectivity index (χ1v) is 8.26. The standard InChI is InChI=1S/C19H15BrO4/c1-11(21)9-15(12-5-4-6-13(20)10-12)17-18(22)14-7-2-3-8-16(14)24-19(17)23/h2-8,10,15,22H,9H2,1H3/t15-/m1/s1. The Labute approximate surface area is 146 Å². The van der Waals surface area contributed by atoms with Gasteiger partial charge in [0.2, 0.25) is 0 Å². The third kappa shape index (κ3) is 3.12. The minimum Gasteiger partial charge on any atom is -0.507 e. The molecule has 24 heavy (non-hydrogen) atoms. The first-order valence-electron chi connectivity index (χ1n) is 7.47. The summed E-state index contributed by atoms with van der Waals surface area (Å²) in [7, 11) is 0. The highest BCUT2D eigenvalue weighted by atomic mass is 79.9. The van der Waals surface area contributed by atoms with E-state index in [2.05, 4.69) is 15.9 Å². The highest BCUT2D eigenvalue weighted by Crippen LogP contribution is 2.36. The minimum atomic E-state index is -0.627. The molecular formula is C19H15BrO4. The number of carbonyl (C=O) groups excluding carboxylic acids is 1. The third-order valence-electron chi connectivity index (χ3n) is 3.91. The van der Waals surface area contributed by atoms with Crippen LogP contribution < -0.4 is 5.63 Å². The number of para-hydroxylation sites is 1. The van der Waals surface area contributed by atoms with Gasteiger partial charge in [-0.25, -0.2) is 4.79 Å². The van der Waals surface area contributed by atoms with Gasteiger partial charge < -0.3 is 9.52 Å². The lowest BCUT2D eigenvalue weighted by atomic mass is 9.87. The van der Waals surface area contributed by atoms with E-state index in [1.807, 2.05) is 24.3 Å². The summed E-state index contributed by atoms with van der Waals surface area (Å²) in [5, 5.41) is 11.1. The summed E-state index contributed by atoms with van der Waals surface area (Å²) in [4.78, 5) is 24.2. The van der Waals surface area contributed by atoms with E-state index >= 15 is 0 Å². The molecule has 122 valence electrons. The molecule has 1 atom stereocenters. The van der Waals surface area contributed by atoms with E-state index in [1.165, 1.54) is 6.92 Å². The molecule has 1 N–H and O–H groups in total. The number of fused-ring (bicyclic) bond motifs is 1. The normalized spacial score (nSPS) is 12.2. The molecular weight excluding hydrogens is 372 g/mol. The maximum Gasteiger partial charge on any atom is 0.343 e. The third-order valence-corrected chi connectivity index (χ3v) is 4.40. The van der Waals surface area contributed by atoms with Crippen molar-refractivity contribution in [3.8, 4) is 5.75 Å². The van der Waals surface area contributed by atoms with Gasteiger partial charge in [-0.2, -0.15) is 0 Å². The van der Waals surface area contributed by atoms with Gasteiger partial charge in [0.25, 0.3) is 0 Å². The number of hydrogen-bond donors (Lipinski definition) is 1. The summed E-state index contributed by atoms with van der Waals surface area (Å²) < 4.78 is 6.18. The van der Waals surface area contributed by atoms with Crippen LogP contribution in [-0.4, -0.2) is 10.9 Å². The fraction of sp³-hybridized carbons (Fsp3) is 0.158. The second-order valence-electron chi connectivity index (χ2n) is 5.66. The van der Waals surface area contributed by atoms with Gasteiger partial charge in [0, 0.05) is 16.8 Å². The quantitative estimate of drug-likeness (QED) is 0.675. The highest BCUT2D eigenvalue weighted by molar-refractivity contribution is 9.10. The van der Waals surface area contributed by atoms with Crippen LogP contribution in [0.5, 0.6) is 5.75 Å². The molecule has 0 saturated heterocycles. The van der Waals surface area contributed by atoms with Crippen LogP contribution in [0.3, 0.4) is 0 Å². The van der Waals surface area contributed by atoms with Crippen molar-refractivity contribution in [2.75, 3.05) is 0 Å². The molecule has 5 heteroatoms. The second kappa shape index (κ2) is 6.61. The Morgan fingerprint density at radius 2 is 1.96 bits per heavy atom. The summed E-state index contributed by atoms with van der Waals surface area (Å²) >= 11 is 3.40. The molecule has 4 nitrogen and oxygen atoms in total. The number of ketones is 1. The molecule has 0 unspecified atom stereocenters. The number of halogens is 1. The molecule has 3 rings (SSSR count). The zero-order valence-electron chi connectivity index (χ0n) is 13.0. The molecule has 0 aliphatic rings. The average molecular weight is 387 g/mol. The van der Waals surface area contributed by atoms with Crippen LogP contribution in [0.1, 0.15) is 30.4 Å². The van der Waals surface area contributed by atoms with Gasteiger partial charge in [-0.3, -0.25) is 4.79 Å². The molecule has 0 aliphatic carbocycles. The predicted octanol–water partition coefficient (Wildman–Crippen LogP) is 4.37. The Morgan fingerprint density at radius 1 is 1.21 bits per heavy atom. The largest absolute Gasteiger partial charge is 0.507 e. The van der Waals surface area contributed by atoms with Gasteiger partial charge in [-0.05, 0) is 36.8 Å². The van der Waals surface area contributed by atoms with Gasteiger partial charge in [0.15, 0.2) is 0 Å². The van der Waals surface area contributed by atoms with Crippen LogP contribution in [0.25, 0.3) is 11.0 Å². The van der Waals surface area contributed by atoms with Crippen molar-refractivity contribution < 1.29 is 14.3 Å². The number of carbonyl (C=O) groups is 1. The Hall–Kier alpha value is -2.40. The lowest BCUT2D eigenvalue weighted by Gasteiger charge is -2.17. The van der Waals surface area contributed by atoms with E-state index < -0.39 is 11.5 Å². The molecule has 1 heterocycles. The Bertz CT molecular complexity index is 975. The first kappa shape index (κ1) is 16.5. The smallest absolute Gasteiger partial charge is 0.343 e. The Kier molecular flexibility index (Phi) is 4.53. The van der Waals surface area contributed by atoms with E-state index in [4.69, 9.17) is 4.42 Å². The molecule has 0 saturated carbocycles. The van der Waals surface area contributed by atoms with Crippen LogP contribution in [0.2, 0.25) is 0 Å². The molecule has 3 aromatic rings. The molecule has 0 spiro atoms. The maximum absolute atomic E-state index is 12.5. The van der Waals surface area contributed by atoms with Crippen LogP contribution in [0, 0.1) is 0 Å². The average Bonchev–Trinajstić information content (AvgIpc) is 2.53. The molecule has 0 bridgehead atoms. The number of hydrogen-bond acceptors (Lipinski definition) is 4. The zero-order chi connectivity index (χ0) is 17.3. The van der Waals surface area contributed by atoms with Crippen LogP contribution >= 0.6 is 15.9 Å². The lowest BCUT2D eigenvalue weighted by molar-refractivity contribution is -0.117. The second-order valence-corrected chi connectivity index (χ2v) is 6.58. The van der Waals surface area contributed by atoms with Gasteiger partial charge >= 0.3 is 5.63 Å². The van der Waals surface area contributed by atoms with E-state index in [9.17, 15) is 14.7 Å². The van der Waals surface area contributed by atoms with Crippen molar-refractivity contribution >= 4 is 32.7 Å². The van der Waals surface area contributed by atoms with Gasteiger partial charge in [-0.1, -0.05) is 40.2 Å². The summed E-state index contributed by atoms with van der Waals surface area (Å²) in [6.07, 6.45) is 0.104. The fourth-order valence-corrected chi connectivity index (χ4v) is 3.27. The number of benzene rings is 2. The minimum absolute atomic E-state index is 0.0769. The van der Waals surface area contributed by atoms with Crippen molar-refractivity contribution in [3.05, 3.63) is 74.6 Å². The zero-order valence-corrected chi connectivity index (χ0v) is 14.5. The molecule has 2 aromatic carbocycles. The van der Waals surface area contributed by atoms with Gasteiger partial charge in [-0.15, -0.1) is 0 Å². The SMILES string of the molecule is CC(=O)C[C@H](c1cccc(Br)c1)c1c(O)c2ccccc2oc1=O. The van der Waals surface area contributed by atoms with E-state index in [-0.39, 0.29) is 23.5 Å². The Morgan fingerprint density at radius 3 is 2.67 bits per heavy atom. The van der Waals surface area contributed by atoms with Crippen molar-refractivity contribution in [3.63, 3.8) is 0 Å². The summed E-state index contributed by atoms with van der Waals surface area (Å²) in [6, 6.07) is 14.1. The fourth-order valence-electron chi connectivity index (χ4n) is 2.85. The Balaban J connectivity index is 2.27. The van der Waals surface area contributed by atoms with E-state index in [1.54, 1.807) is 24.3 Å². The molecule has 0 amide bonds. The van der Waals surface area contributed by atoms with Crippen LogP contribution in [0.4, 0.5) is 0 Å². The van der Waals surface area contributed by atoms with Crippen molar-refractivity contribution in [2.24, 2.45) is 0 Å². The number of rotatable bonds is 4. The predicted molar refractivity (Wildman–Crippen MR) is 95.4 cm³/mol. The van der Waals surface area contributed by atoms with Crippen molar-refractivity contribution in [1.29, 1.82) is 0 Å². The molecule has 0 radical (unpaired) electrons. The summed E-state index contributed by atoms with van der Waals surface area (Å²) in [6.45, 7) is 1.46. The van der Waals surface area contributed by atoms with Gasteiger partial charge in [0.1, 0.15) is 17.1 Å². The maximum atomic E-state index is 12.5. The van der Waals surface area contributed by atoms with Crippen molar-refractivity contribution in [1.82, 2.24) is 0 Å². The van der Waals surface area contributed by atoms with Crippen molar-refractivity contribution in [2.45, 2.75) is 19.3 Å². The van der Waals surface area contributed by atoms with E-state index in [0.29, 0.717) is 11.0 Å². The summed E-state index contributed by atoms with van der Waals surface area (Å²) in [5.74, 6) is -0.777. The first-order chi connectivity index (χ1) is 11.5. The highest BCUT2D eigenvalue weighted by Gasteiger charge is 2.26. The van der Waals surface area contributed by atoms with Gasteiger partial charge in [0.05, 0.1) is 10.9 Å².